The Bertz CT molecular complexity index is 414. The Kier molecular flexibility index (Phi) is 7.91. The van der Waals surface area contributed by atoms with E-state index in [2.05, 4.69) is 20.6 Å². The minimum Gasteiger partial charge on any atom is -0.370 e. The minimum atomic E-state index is 0. The molecule has 100 valence electrons. The molecule has 0 aromatic heterocycles. The van der Waals surface area contributed by atoms with Gasteiger partial charge in [-0.3, -0.25) is 15.3 Å². The van der Waals surface area contributed by atoms with Crippen molar-refractivity contribution in [1.82, 2.24) is 5.32 Å². The Labute approximate surface area is 118 Å². The zero-order valence-electron chi connectivity index (χ0n) is 10.3. The molecular formula is C11H17Cl2N5. The van der Waals surface area contributed by atoms with Gasteiger partial charge in [0, 0.05) is 24.3 Å². The second kappa shape index (κ2) is 8.60. The highest BCUT2D eigenvalue weighted by atomic mass is 35.5. The molecule has 0 radical (unpaired) electrons. The smallest absolute Gasteiger partial charge is 0.202 e. The van der Waals surface area contributed by atoms with Crippen molar-refractivity contribution >= 4 is 41.6 Å². The van der Waals surface area contributed by atoms with Crippen LogP contribution in [0.3, 0.4) is 0 Å². The van der Waals surface area contributed by atoms with Gasteiger partial charge in [0.1, 0.15) is 0 Å². The number of hydrogen-bond acceptors (Lipinski definition) is 2. The van der Waals surface area contributed by atoms with Crippen molar-refractivity contribution in [2.24, 2.45) is 15.7 Å². The van der Waals surface area contributed by atoms with Gasteiger partial charge < -0.3 is 11.1 Å². The summed E-state index contributed by atoms with van der Waals surface area (Å²) in [6.45, 7) is 2.53. The first-order valence-corrected chi connectivity index (χ1v) is 5.59. The summed E-state index contributed by atoms with van der Waals surface area (Å²) in [5.74, 6) is 0.858. The van der Waals surface area contributed by atoms with Crippen molar-refractivity contribution in [1.29, 1.82) is 0 Å². The van der Waals surface area contributed by atoms with E-state index in [9.17, 15) is 0 Å². The number of benzene rings is 1. The zero-order chi connectivity index (χ0) is 12.7. The average molecular weight is 290 g/mol. The number of aliphatic imine (C=N–C) groups is 2. The molecule has 0 amide bonds. The first-order chi connectivity index (χ1) is 8.15. The largest absolute Gasteiger partial charge is 0.370 e. The summed E-state index contributed by atoms with van der Waals surface area (Å²) < 4.78 is 0. The normalized spacial score (nSPS) is 11.7. The van der Waals surface area contributed by atoms with E-state index in [1.54, 1.807) is 19.2 Å². The fourth-order valence-corrected chi connectivity index (χ4v) is 1.27. The Morgan fingerprint density at radius 2 is 1.94 bits per heavy atom. The maximum Gasteiger partial charge on any atom is 0.202 e. The van der Waals surface area contributed by atoms with Crippen LogP contribution in [0, 0.1) is 0 Å². The Balaban J connectivity index is 0.00000289. The standard InChI is InChI=1S/C11H16ClN5.ClH/c1-3-15-10(13)17-11(14-2)16-9-6-4-8(12)5-7-9;/h4-7H,3H2,1-2H3,(H4,13,14,15,16,17);1H. The van der Waals surface area contributed by atoms with E-state index in [-0.39, 0.29) is 12.4 Å². The molecule has 0 bridgehead atoms. The van der Waals surface area contributed by atoms with E-state index in [4.69, 9.17) is 17.3 Å². The molecule has 1 rings (SSSR count). The third kappa shape index (κ3) is 5.75. The molecule has 4 N–H and O–H groups in total. The summed E-state index contributed by atoms with van der Waals surface area (Å²) in [6, 6.07) is 7.28. The van der Waals surface area contributed by atoms with Crippen LogP contribution in [0.1, 0.15) is 6.92 Å². The highest BCUT2D eigenvalue weighted by molar-refractivity contribution is 6.30. The van der Waals surface area contributed by atoms with Crippen LogP contribution in [0.5, 0.6) is 0 Å². The van der Waals surface area contributed by atoms with E-state index in [0.717, 1.165) is 5.69 Å². The summed E-state index contributed by atoms with van der Waals surface area (Å²) in [4.78, 5) is 8.04. The van der Waals surface area contributed by atoms with Crippen LogP contribution in [0.15, 0.2) is 34.3 Å². The maximum atomic E-state index is 5.79. The Morgan fingerprint density at radius 3 is 2.44 bits per heavy atom. The number of anilines is 1. The van der Waals surface area contributed by atoms with Crippen LogP contribution in [0.2, 0.25) is 5.02 Å². The number of hydrogen-bond donors (Lipinski definition) is 3. The van der Waals surface area contributed by atoms with Gasteiger partial charge in [-0.25, -0.2) is 0 Å². The zero-order valence-corrected chi connectivity index (χ0v) is 11.8. The number of guanidine groups is 2. The summed E-state index contributed by atoms with van der Waals surface area (Å²) in [6.07, 6.45) is 0. The van der Waals surface area contributed by atoms with Crippen molar-refractivity contribution in [3.8, 4) is 0 Å². The van der Waals surface area contributed by atoms with E-state index in [0.29, 0.717) is 23.5 Å². The van der Waals surface area contributed by atoms with Gasteiger partial charge in [0.05, 0.1) is 0 Å². The second-order valence-corrected chi connectivity index (χ2v) is 3.63. The highest BCUT2D eigenvalue weighted by Crippen LogP contribution is 2.12. The highest BCUT2D eigenvalue weighted by Gasteiger charge is 2.00. The van der Waals surface area contributed by atoms with Crippen LogP contribution >= 0.6 is 24.0 Å². The van der Waals surface area contributed by atoms with Crippen LogP contribution < -0.4 is 16.4 Å². The Morgan fingerprint density at radius 1 is 1.33 bits per heavy atom. The second-order valence-electron chi connectivity index (χ2n) is 3.19. The van der Waals surface area contributed by atoms with Gasteiger partial charge in [0.2, 0.25) is 5.96 Å². The van der Waals surface area contributed by atoms with E-state index in [1.165, 1.54) is 0 Å². The predicted molar refractivity (Wildman–Crippen MR) is 81.0 cm³/mol. The third-order valence-electron chi connectivity index (χ3n) is 1.91. The lowest BCUT2D eigenvalue weighted by Crippen LogP contribution is -2.40. The molecule has 1 aromatic carbocycles. The molecular weight excluding hydrogens is 273 g/mol. The fourth-order valence-electron chi connectivity index (χ4n) is 1.14. The predicted octanol–water partition coefficient (Wildman–Crippen LogP) is 2.08. The molecule has 0 aliphatic carbocycles. The third-order valence-corrected chi connectivity index (χ3v) is 2.16. The molecule has 0 saturated heterocycles. The lowest BCUT2D eigenvalue weighted by Gasteiger charge is -2.11. The van der Waals surface area contributed by atoms with Crippen LogP contribution in [0.25, 0.3) is 0 Å². The molecule has 7 heteroatoms. The summed E-state index contributed by atoms with van der Waals surface area (Å²) in [7, 11) is 1.66. The molecule has 5 nitrogen and oxygen atoms in total. The minimum absolute atomic E-state index is 0. The van der Waals surface area contributed by atoms with Crippen molar-refractivity contribution in [3.05, 3.63) is 29.3 Å². The average Bonchev–Trinajstić information content (AvgIpc) is 2.31. The molecule has 0 aliphatic rings. The molecule has 0 unspecified atom stereocenters. The first kappa shape index (κ1) is 16.5. The molecule has 0 heterocycles. The van der Waals surface area contributed by atoms with Crippen LogP contribution in [0.4, 0.5) is 5.69 Å². The van der Waals surface area contributed by atoms with Gasteiger partial charge in [-0.15, -0.1) is 12.4 Å². The number of nitrogens with zero attached hydrogens (tertiary/aromatic N) is 2. The van der Waals surface area contributed by atoms with Crippen LogP contribution in [-0.4, -0.2) is 25.5 Å². The van der Waals surface area contributed by atoms with Gasteiger partial charge in [-0.1, -0.05) is 11.6 Å². The topological polar surface area (TPSA) is 74.8 Å². The van der Waals surface area contributed by atoms with Gasteiger partial charge in [0.25, 0.3) is 0 Å². The van der Waals surface area contributed by atoms with Crippen LogP contribution in [-0.2, 0) is 0 Å². The fraction of sp³-hybridized carbons (Fsp3) is 0.273. The molecule has 0 aliphatic heterocycles. The van der Waals surface area contributed by atoms with Crippen molar-refractivity contribution < 1.29 is 0 Å². The van der Waals surface area contributed by atoms with E-state index >= 15 is 0 Å². The molecule has 1 aromatic rings. The SMILES string of the molecule is CCN=C(N)NC(=NC)Nc1ccc(Cl)cc1.Cl. The molecule has 18 heavy (non-hydrogen) atoms. The van der Waals surface area contributed by atoms with Crippen molar-refractivity contribution in [2.75, 3.05) is 18.9 Å². The first-order valence-electron chi connectivity index (χ1n) is 5.22. The van der Waals surface area contributed by atoms with E-state index < -0.39 is 0 Å². The monoisotopic (exact) mass is 289 g/mol. The van der Waals surface area contributed by atoms with Gasteiger partial charge in [-0.05, 0) is 31.2 Å². The quantitative estimate of drug-likeness (QED) is 0.576. The summed E-state index contributed by atoms with van der Waals surface area (Å²) in [5.41, 5.74) is 6.50. The number of rotatable bonds is 2. The molecule has 0 atom stereocenters. The number of nitrogens with two attached hydrogens (primary N) is 1. The lowest BCUT2D eigenvalue weighted by atomic mass is 10.3. The lowest BCUT2D eigenvalue weighted by molar-refractivity contribution is 1.09. The van der Waals surface area contributed by atoms with Crippen molar-refractivity contribution in [2.45, 2.75) is 6.92 Å². The molecule has 0 spiro atoms. The number of halogens is 2. The molecule has 0 saturated carbocycles. The number of nitrogens with one attached hydrogen (secondary N) is 2. The summed E-state index contributed by atoms with van der Waals surface area (Å²) >= 11 is 5.79. The Hall–Kier alpha value is -1.46. The van der Waals surface area contributed by atoms with Gasteiger partial charge in [-0.2, -0.15) is 0 Å². The van der Waals surface area contributed by atoms with Gasteiger partial charge in [0.15, 0.2) is 5.96 Å². The summed E-state index contributed by atoms with van der Waals surface area (Å²) in [5, 5.41) is 6.61. The maximum absolute atomic E-state index is 5.79. The van der Waals surface area contributed by atoms with E-state index in [1.807, 2.05) is 19.1 Å². The van der Waals surface area contributed by atoms with Crippen molar-refractivity contribution in [3.63, 3.8) is 0 Å². The van der Waals surface area contributed by atoms with Gasteiger partial charge >= 0.3 is 0 Å². The molecule has 0 fully saturated rings.